The third kappa shape index (κ3) is 7.58. The molecular weight excluding hydrogens is 498 g/mol. The lowest BCUT2D eigenvalue weighted by molar-refractivity contribution is -0.118. The van der Waals surface area contributed by atoms with Crippen molar-refractivity contribution in [1.82, 2.24) is 10.6 Å². The molecule has 0 spiro atoms. The second-order valence-electron chi connectivity index (χ2n) is 10.4. The molecule has 1 saturated carbocycles. The van der Waals surface area contributed by atoms with Gasteiger partial charge in [0, 0.05) is 30.6 Å². The van der Waals surface area contributed by atoms with Crippen LogP contribution >= 0.6 is 0 Å². The van der Waals surface area contributed by atoms with Crippen molar-refractivity contribution in [3.8, 4) is 0 Å². The standard InChI is InChI=1S/C34H35N3O3/c38-32(31(22-26-10-4-1-5-11-26)37-33(39)40-24-28-14-8-3-9-15-28)36-30-18-16-29(17-19-30)34(20-21-34)25-35-23-27-12-6-2-7-13-27/h1-19,31,35H,20-25H2,(H,36,38)(H,37,39)/t31-/m1/s1. The van der Waals surface area contributed by atoms with Gasteiger partial charge in [0.25, 0.3) is 0 Å². The molecule has 0 unspecified atom stereocenters. The van der Waals surface area contributed by atoms with Crippen LogP contribution in [0.5, 0.6) is 0 Å². The zero-order chi connectivity index (χ0) is 27.6. The lowest BCUT2D eigenvalue weighted by Gasteiger charge is -2.20. The predicted octanol–water partition coefficient (Wildman–Crippen LogP) is 5.98. The third-order valence-electron chi connectivity index (χ3n) is 7.36. The Kier molecular flexibility index (Phi) is 8.89. The SMILES string of the molecule is O=C(N[C@H](Cc1ccccc1)C(=O)Nc1ccc(C2(CNCc3ccccc3)CC2)cc1)OCc1ccccc1. The Labute approximate surface area is 235 Å². The molecule has 5 rings (SSSR count). The van der Waals surface area contributed by atoms with Crippen molar-refractivity contribution in [3.05, 3.63) is 138 Å². The first-order valence-corrected chi connectivity index (χ1v) is 13.8. The van der Waals surface area contributed by atoms with Crippen molar-refractivity contribution in [3.63, 3.8) is 0 Å². The maximum atomic E-state index is 13.3. The topological polar surface area (TPSA) is 79.5 Å². The van der Waals surface area contributed by atoms with Gasteiger partial charge in [-0.1, -0.05) is 103 Å². The van der Waals surface area contributed by atoms with Crippen molar-refractivity contribution in [2.75, 3.05) is 11.9 Å². The van der Waals surface area contributed by atoms with Gasteiger partial charge in [-0.3, -0.25) is 4.79 Å². The Hall–Kier alpha value is -4.42. The van der Waals surface area contributed by atoms with E-state index in [1.54, 1.807) is 0 Å². The van der Waals surface area contributed by atoms with Gasteiger partial charge < -0.3 is 20.7 Å². The Bertz CT molecular complexity index is 1370. The van der Waals surface area contributed by atoms with Gasteiger partial charge in [-0.15, -0.1) is 0 Å². The highest BCUT2D eigenvalue weighted by Crippen LogP contribution is 2.47. The molecule has 40 heavy (non-hydrogen) atoms. The fraction of sp³-hybridized carbons (Fsp3) is 0.235. The minimum atomic E-state index is -0.790. The first kappa shape index (κ1) is 27.2. The van der Waals surface area contributed by atoms with E-state index in [-0.39, 0.29) is 17.9 Å². The number of carbonyl (C=O) groups is 2. The molecule has 204 valence electrons. The van der Waals surface area contributed by atoms with Crippen LogP contribution in [0.2, 0.25) is 0 Å². The zero-order valence-corrected chi connectivity index (χ0v) is 22.5. The van der Waals surface area contributed by atoms with Crippen molar-refractivity contribution in [2.24, 2.45) is 0 Å². The van der Waals surface area contributed by atoms with Crippen LogP contribution in [0.4, 0.5) is 10.5 Å². The largest absolute Gasteiger partial charge is 0.445 e. The lowest BCUT2D eigenvalue weighted by Crippen LogP contribution is -2.45. The first-order chi connectivity index (χ1) is 19.6. The fourth-order valence-corrected chi connectivity index (χ4v) is 4.86. The average Bonchev–Trinajstić information content (AvgIpc) is 3.78. The molecular formula is C34H35N3O3. The molecule has 1 aliphatic carbocycles. The van der Waals surface area contributed by atoms with Gasteiger partial charge >= 0.3 is 6.09 Å². The summed E-state index contributed by atoms with van der Waals surface area (Å²) in [6.07, 6.45) is 2.01. The van der Waals surface area contributed by atoms with E-state index in [2.05, 4.69) is 52.3 Å². The summed E-state index contributed by atoms with van der Waals surface area (Å²) >= 11 is 0. The summed E-state index contributed by atoms with van der Waals surface area (Å²) in [5.74, 6) is -0.293. The van der Waals surface area contributed by atoms with Crippen molar-refractivity contribution in [2.45, 2.75) is 43.9 Å². The number of benzene rings is 4. The molecule has 1 aliphatic rings. The van der Waals surface area contributed by atoms with Crippen LogP contribution in [0.25, 0.3) is 0 Å². The summed E-state index contributed by atoms with van der Waals surface area (Å²) in [4.78, 5) is 25.9. The summed E-state index contributed by atoms with van der Waals surface area (Å²) in [6.45, 7) is 1.90. The van der Waals surface area contributed by atoms with Crippen LogP contribution in [0, 0.1) is 0 Å². The summed E-state index contributed by atoms with van der Waals surface area (Å²) in [6, 6.07) is 36.8. The smallest absolute Gasteiger partial charge is 0.408 e. The number of rotatable bonds is 12. The molecule has 0 saturated heterocycles. The average molecular weight is 534 g/mol. The highest BCUT2D eigenvalue weighted by molar-refractivity contribution is 5.96. The Morgan fingerprint density at radius 1 is 0.725 bits per heavy atom. The van der Waals surface area contributed by atoms with Gasteiger partial charge in [0.2, 0.25) is 5.91 Å². The minimum Gasteiger partial charge on any atom is -0.445 e. The van der Waals surface area contributed by atoms with Crippen molar-refractivity contribution >= 4 is 17.7 Å². The maximum absolute atomic E-state index is 13.3. The van der Waals surface area contributed by atoms with Crippen LogP contribution in [-0.2, 0) is 34.5 Å². The quantitative estimate of drug-likeness (QED) is 0.209. The van der Waals surface area contributed by atoms with E-state index in [9.17, 15) is 9.59 Å². The number of carbonyl (C=O) groups excluding carboxylic acids is 2. The molecule has 4 aromatic rings. The lowest BCUT2D eigenvalue weighted by atomic mass is 9.95. The molecule has 6 nitrogen and oxygen atoms in total. The Morgan fingerprint density at radius 3 is 1.90 bits per heavy atom. The van der Waals surface area contributed by atoms with E-state index >= 15 is 0 Å². The second kappa shape index (κ2) is 13.1. The van der Waals surface area contributed by atoms with Crippen LogP contribution in [0.1, 0.15) is 35.1 Å². The van der Waals surface area contributed by atoms with E-state index in [1.165, 1.54) is 11.1 Å². The van der Waals surface area contributed by atoms with Crippen molar-refractivity contribution < 1.29 is 14.3 Å². The summed E-state index contributed by atoms with van der Waals surface area (Å²) in [5, 5.41) is 9.34. The Balaban J connectivity index is 1.18. The van der Waals surface area contributed by atoms with E-state index in [0.29, 0.717) is 12.1 Å². The van der Waals surface area contributed by atoms with Gasteiger partial charge in [-0.2, -0.15) is 0 Å². The van der Waals surface area contributed by atoms with Gasteiger partial charge in [-0.05, 0) is 47.2 Å². The van der Waals surface area contributed by atoms with E-state index in [4.69, 9.17) is 4.74 Å². The minimum absolute atomic E-state index is 0.135. The molecule has 1 atom stereocenters. The number of amides is 2. The first-order valence-electron chi connectivity index (χ1n) is 13.8. The number of alkyl carbamates (subject to hydrolysis) is 1. The number of ether oxygens (including phenoxy) is 1. The Morgan fingerprint density at radius 2 is 1.30 bits per heavy atom. The third-order valence-corrected chi connectivity index (χ3v) is 7.36. The van der Waals surface area contributed by atoms with Gasteiger partial charge in [0.1, 0.15) is 12.6 Å². The molecule has 2 amide bonds. The maximum Gasteiger partial charge on any atom is 0.408 e. The number of nitrogens with one attached hydrogen (secondary N) is 3. The van der Waals surface area contributed by atoms with Crippen LogP contribution in [-0.4, -0.2) is 24.6 Å². The van der Waals surface area contributed by atoms with Crippen LogP contribution in [0.15, 0.2) is 115 Å². The van der Waals surface area contributed by atoms with Crippen molar-refractivity contribution in [1.29, 1.82) is 0 Å². The predicted molar refractivity (Wildman–Crippen MR) is 158 cm³/mol. The molecule has 1 fully saturated rings. The number of hydrogen-bond acceptors (Lipinski definition) is 4. The number of anilines is 1. The van der Waals surface area contributed by atoms with Gasteiger partial charge in [-0.25, -0.2) is 4.79 Å². The molecule has 4 aromatic carbocycles. The fourth-order valence-electron chi connectivity index (χ4n) is 4.86. The highest BCUT2D eigenvalue weighted by Gasteiger charge is 2.43. The van der Waals surface area contributed by atoms with E-state index in [0.717, 1.165) is 37.1 Å². The second-order valence-corrected chi connectivity index (χ2v) is 10.4. The molecule has 3 N–H and O–H groups in total. The van der Waals surface area contributed by atoms with Gasteiger partial charge in [0.15, 0.2) is 0 Å². The van der Waals surface area contributed by atoms with Gasteiger partial charge in [0.05, 0.1) is 0 Å². The zero-order valence-electron chi connectivity index (χ0n) is 22.5. The molecule has 0 bridgehead atoms. The summed E-state index contributed by atoms with van der Waals surface area (Å²) in [7, 11) is 0. The highest BCUT2D eigenvalue weighted by atomic mass is 16.5. The molecule has 0 aliphatic heterocycles. The number of hydrogen-bond donors (Lipinski definition) is 3. The molecule has 0 aromatic heterocycles. The van der Waals surface area contributed by atoms with Crippen LogP contribution < -0.4 is 16.0 Å². The van der Waals surface area contributed by atoms with E-state index in [1.807, 2.05) is 78.9 Å². The monoisotopic (exact) mass is 533 g/mol. The molecule has 6 heteroatoms. The van der Waals surface area contributed by atoms with Crippen LogP contribution in [0.3, 0.4) is 0 Å². The van der Waals surface area contributed by atoms with E-state index < -0.39 is 12.1 Å². The summed E-state index contributed by atoms with van der Waals surface area (Å²) in [5.41, 5.74) is 5.22. The summed E-state index contributed by atoms with van der Waals surface area (Å²) < 4.78 is 5.38. The molecule has 0 heterocycles. The molecule has 0 radical (unpaired) electrons. The normalized spacial score (nSPS) is 14.1.